The lowest BCUT2D eigenvalue weighted by atomic mass is 10.1. The van der Waals surface area contributed by atoms with Crippen molar-refractivity contribution in [1.29, 1.82) is 0 Å². The van der Waals surface area contributed by atoms with Crippen LogP contribution in [0.4, 0.5) is 0 Å². The van der Waals surface area contributed by atoms with Crippen molar-refractivity contribution in [3.63, 3.8) is 0 Å². The Morgan fingerprint density at radius 1 is 1.26 bits per heavy atom. The Morgan fingerprint density at radius 3 is 2.78 bits per heavy atom. The molecule has 1 aliphatic rings. The molecule has 0 saturated heterocycles. The monoisotopic (exact) mass is 328 g/mol. The van der Waals surface area contributed by atoms with Crippen molar-refractivity contribution >= 4 is 23.2 Å². The second-order valence-corrected chi connectivity index (χ2v) is 5.81. The molecule has 0 aliphatic carbocycles. The summed E-state index contributed by atoms with van der Waals surface area (Å²) < 4.78 is 5.59. The maximum Gasteiger partial charge on any atom is 0.280 e. The summed E-state index contributed by atoms with van der Waals surface area (Å²) in [7, 11) is 0. The number of nitrogens with zero attached hydrogens (tertiary/aromatic N) is 2. The van der Waals surface area contributed by atoms with E-state index in [9.17, 15) is 4.79 Å². The molecular weight excluding hydrogens is 312 g/mol. The molecule has 2 aromatic carbocycles. The van der Waals surface area contributed by atoms with Gasteiger partial charge in [0.05, 0.1) is 12.3 Å². The van der Waals surface area contributed by atoms with Gasteiger partial charge in [0.15, 0.2) is 6.61 Å². The topological polar surface area (TPSA) is 41.9 Å². The van der Waals surface area contributed by atoms with Crippen molar-refractivity contribution in [2.75, 3.05) is 13.2 Å². The molecule has 0 N–H and O–H groups in total. The quantitative estimate of drug-likeness (QED) is 0.859. The van der Waals surface area contributed by atoms with Crippen LogP contribution in [0.3, 0.4) is 0 Å². The number of hydrazone groups is 1. The zero-order valence-corrected chi connectivity index (χ0v) is 13.6. The first kappa shape index (κ1) is 15.6. The van der Waals surface area contributed by atoms with Crippen LogP contribution in [0.15, 0.2) is 53.6 Å². The third-order valence-corrected chi connectivity index (χ3v) is 3.92. The number of rotatable bonds is 4. The Bertz CT molecular complexity index is 744. The molecule has 0 bridgehead atoms. The van der Waals surface area contributed by atoms with Crippen LogP contribution >= 0.6 is 11.6 Å². The first-order chi connectivity index (χ1) is 11.1. The van der Waals surface area contributed by atoms with Crippen LogP contribution < -0.4 is 4.74 Å². The Hall–Kier alpha value is -2.33. The summed E-state index contributed by atoms with van der Waals surface area (Å²) in [5.41, 5.74) is 2.89. The third kappa shape index (κ3) is 3.71. The van der Waals surface area contributed by atoms with Crippen molar-refractivity contribution in [3.05, 3.63) is 64.7 Å². The van der Waals surface area contributed by atoms with Crippen LogP contribution in [0.25, 0.3) is 0 Å². The summed E-state index contributed by atoms with van der Waals surface area (Å²) in [6.07, 6.45) is 0.760. The predicted octanol–water partition coefficient (Wildman–Crippen LogP) is 3.66. The number of carbonyl (C=O) groups is 1. The van der Waals surface area contributed by atoms with E-state index in [0.717, 1.165) is 23.3 Å². The van der Waals surface area contributed by atoms with E-state index in [0.29, 0.717) is 17.3 Å². The highest BCUT2D eigenvalue weighted by Crippen LogP contribution is 2.22. The van der Waals surface area contributed by atoms with Gasteiger partial charge in [0.2, 0.25) is 0 Å². The van der Waals surface area contributed by atoms with Gasteiger partial charge in [0.25, 0.3) is 5.91 Å². The van der Waals surface area contributed by atoms with Crippen molar-refractivity contribution < 1.29 is 9.53 Å². The van der Waals surface area contributed by atoms with Gasteiger partial charge in [-0.3, -0.25) is 4.79 Å². The minimum Gasteiger partial charge on any atom is -0.483 e. The van der Waals surface area contributed by atoms with Crippen molar-refractivity contribution in [2.24, 2.45) is 5.10 Å². The van der Waals surface area contributed by atoms with E-state index in [1.165, 1.54) is 5.01 Å². The largest absolute Gasteiger partial charge is 0.483 e. The maximum absolute atomic E-state index is 12.2. The molecule has 5 heteroatoms. The SMILES string of the molecule is Cc1cc(Cl)ccc1OCC(=O)N1CCC(c2ccccc2)=N1. The summed E-state index contributed by atoms with van der Waals surface area (Å²) in [5, 5.41) is 6.54. The van der Waals surface area contributed by atoms with Gasteiger partial charge in [-0.25, -0.2) is 5.01 Å². The number of hydrogen-bond acceptors (Lipinski definition) is 3. The minimum absolute atomic E-state index is 0.0337. The van der Waals surface area contributed by atoms with E-state index in [1.54, 1.807) is 12.1 Å². The Balaban J connectivity index is 1.62. The number of halogens is 1. The number of ether oxygens (including phenoxy) is 1. The summed E-state index contributed by atoms with van der Waals surface area (Å²) in [6, 6.07) is 15.2. The molecule has 4 nitrogen and oxygen atoms in total. The summed E-state index contributed by atoms with van der Waals surface area (Å²) in [4.78, 5) is 12.2. The highest BCUT2D eigenvalue weighted by Gasteiger charge is 2.21. The van der Waals surface area contributed by atoms with Gasteiger partial charge in [-0.1, -0.05) is 41.9 Å². The van der Waals surface area contributed by atoms with Gasteiger partial charge in [-0.15, -0.1) is 0 Å². The molecule has 23 heavy (non-hydrogen) atoms. The normalized spacial score (nSPS) is 13.8. The zero-order valence-electron chi connectivity index (χ0n) is 12.8. The smallest absolute Gasteiger partial charge is 0.280 e. The van der Waals surface area contributed by atoms with Gasteiger partial charge < -0.3 is 4.74 Å². The van der Waals surface area contributed by atoms with E-state index in [2.05, 4.69) is 5.10 Å². The van der Waals surface area contributed by atoms with Crippen LogP contribution in [-0.2, 0) is 4.79 Å². The van der Waals surface area contributed by atoms with Crippen molar-refractivity contribution in [1.82, 2.24) is 5.01 Å². The maximum atomic E-state index is 12.2. The number of aryl methyl sites for hydroxylation is 1. The second kappa shape index (κ2) is 6.84. The average molecular weight is 329 g/mol. The molecule has 118 valence electrons. The van der Waals surface area contributed by atoms with E-state index in [4.69, 9.17) is 16.3 Å². The Kier molecular flexibility index (Phi) is 4.63. The highest BCUT2D eigenvalue weighted by atomic mass is 35.5. The highest BCUT2D eigenvalue weighted by molar-refractivity contribution is 6.30. The molecule has 0 spiro atoms. The molecule has 0 unspecified atom stereocenters. The Morgan fingerprint density at radius 2 is 2.04 bits per heavy atom. The fourth-order valence-corrected chi connectivity index (χ4v) is 2.69. The lowest BCUT2D eigenvalue weighted by molar-refractivity contribution is -0.132. The van der Waals surface area contributed by atoms with Crippen LogP contribution in [0, 0.1) is 6.92 Å². The fourth-order valence-electron chi connectivity index (χ4n) is 2.46. The number of hydrogen-bond donors (Lipinski definition) is 0. The molecular formula is C18H17ClN2O2. The Labute approximate surface area is 140 Å². The number of carbonyl (C=O) groups excluding carboxylic acids is 1. The van der Waals surface area contributed by atoms with Gasteiger partial charge in [-0.05, 0) is 36.2 Å². The summed E-state index contributed by atoms with van der Waals surface area (Å²) >= 11 is 5.91. The van der Waals surface area contributed by atoms with Gasteiger partial charge in [0, 0.05) is 11.4 Å². The van der Waals surface area contributed by atoms with Gasteiger partial charge >= 0.3 is 0 Å². The van der Waals surface area contributed by atoms with E-state index < -0.39 is 0 Å². The molecule has 1 heterocycles. The first-order valence-corrected chi connectivity index (χ1v) is 7.83. The predicted molar refractivity (Wildman–Crippen MR) is 91.0 cm³/mol. The summed E-state index contributed by atoms with van der Waals surface area (Å²) in [5.74, 6) is 0.513. The fraction of sp³-hybridized carbons (Fsp3) is 0.222. The van der Waals surface area contributed by atoms with Crippen LogP contribution in [0.1, 0.15) is 17.5 Å². The lowest BCUT2D eigenvalue weighted by Crippen LogP contribution is -2.28. The molecule has 0 aromatic heterocycles. The molecule has 0 saturated carbocycles. The molecule has 2 aromatic rings. The molecule has 0 atom stereocenters. The van der Waals surface area contributed by atoms with E-state index >= 15 is 0 Å². The summed E-state index contributed by atoms with van der Waals surface area (Å²) in [6.45, 7) is 2.45. The van der Waals surface area contributed by atoms with Crippen LogP contribution in [0.2, 0.25) is 5.02 Å². The average Bonchev–Trinajstić information content (AvgIpc) is 3.05. The van der Waals surface area contributed by atoms with Crippen molar-refractivity contribution in [2.45, 2.75) is 13.3 Å². The van der Waals surface area contributed by atoms with Crippen molar-refractivity contribution in [3.8, 4) is 5.75 Å². The lowest BCUT2D eigenvalue weighted by Gasteiger charge is -2.13. The van der Waals surface area contributed by atoms with E-state index in [1.807, 2.05) is 43.3 Å². The van der Waals surface area contributed by atoms with E-state index in [-0.39, 0.29) is 12.5 Å². The standard InChI is InChI=1S/C18H17ClN2O2/c1-13-11-15(19)7-8-17(13)23-12-18(22)21-10-9-16(20-21)14-5-3-2-4-6-14/h2-8,11H,9-10,12H2,1H3. The van der Waals surface area contributed by atoms with Crippen LogP contribution in [-0.4, -0.2) is 29.8 Å². The second-order valence-electron chi connectivity index (χ2n) is 5.38. The number of benzene rings is 2. The molecule has 1 amide bonds. The zero-order chi connectivity index (χ0) is 16.2. The van der Waals surface area contributed by atoms with Gasteiger partial charge in [-0.2, -0.15) is 5.10 Å². The molecule has 1 aliphatic heterocycles. The molecule has 0 fully saturated rings. The first-order valence-electron chi connectivity index (χ1n) is 7.46. The molecule has 3 rings (SSSR count). The van der Waals surface area contributed by atoms with Crippen LogP contribution in [0.5, 0.6) is 5.75 Å². The number of amides is 1. The molecule has 0 radical (unpaired) electrons. The minimum atomic E-state index is -0.148. The van der Waals surface area contributed by atoms with Gasteiger partial charge in [0.1, 0.15) is 5.75 Å². The third-order valence-electron chi connectivity index (χ3n) is 3.68.